The van der Waals surface area contributed by atoms with E-state index < -0.39 is 0 Å². The molecule has 0 fully saturated rings. The van der Waals surface area contributed by atoms with Crippen LogP contribution in [-0.4, -0.2) is 11.9 Å². The van der Waals surface area contributed by atoms with Crippen molar-refractivity contribution < 1.29 is 4.84 Å². The smallest absolute Gasteiger partial charge is 0.182 e. The molecule has 1 aromatic rings. The molecule has 2 rings (SSSR count). The number of rotatable bonds is 1. The van der Waals surface area contributed by atoms with Crippen molar-refractivity contribution in [2.45, 2.75) is 33.4 Å². The molecular weight excluding hydrogens is 259 g/mol. The number of halogens is 2. The Morgan fingerprint density at radius 3 is 2.06 bits per heavy atom. The molecule has 0 radical (unpaired) electrons. The minimum atomic E-state index is -0.373. The zero-order valence-electron chi connectivity index (χ0n) is 9.97. The minimum absolute atomic E-state index is 0.373. The lowest BCUT2D eigenvalue weighted by Crippen LogP contribution is -2.19. The quantitative estimate of drug-likeness (QED) is 0.853. The zero-order chi connectivity index (χ0) is 12.7. The van der Waals surface area contributed by atoms with E-state index in [1.54, 1.807) is 0 Å². The molecule has 2 N–H and O–H groups in total. The molecule has 0 saturated heterocycles. The van der Waals surface area contributed by atoms with E-state index in [-0.39, 0.29) is 6.23 Å². The van der Waals surface area contributed by atoms with Gasteiger partial charge in [-0.1, -0.05) is 28.4 Å². The molecule has 0 bridgehead atoms. The summed E-state index contributed by atoms with van der Waals surface area (Å²) in [5, 5.41) is 5.35. The molecule has 0 saturated carbocycles. The summed E-state index contributed by atoms with van der Waals surface area (Å²) in [5.41, 5.74) is 10.3. The van der Waals surface area contributed by atoms with E-state index in [9.17, 15) is 0 Å². The van der Waals surface area contributed by atoms with Crippen molar-refractivity contribution in [1.29, 1.82) is 0 Å². The van der Waals surface area contributed by atoms with Gasteiger partial charge in [0.2, 0.25) is 0 Å². The second-order valence-corrected chi connectivity index (χ2v) is 5.02. The molecule has 0 amide bonds. The van der Waals surface area contributed by atoms with Gasteiger partial charge in [0.05, 0.1) is 5.71 Å². The maximum atomic E-state index is 6.26. The fourth-order valence-corrected chi connectivity index (χ4v) is 2.56. The van der Waals surface area contributed by atoms with Crippen LogP contribution in [-0.2, 0) is 4.84 Å². The number of oxime groups is 1. The Labute approximate surface area is 111 Å². The van der Waals surface area contributed by atoms with E-state index in [2.05, 4.69) is 5.16 Å². The second kappa shape index (κ2) is 4.48. The maximum Gasteiger partial charge on any atom is 0.182 e. The molecule has 5 heteroatoms. The van der Waals surface area contributed by atoms with E-state index in [0.29, 0.717) is 16.5 Å². The second-order valence-electron chi connectivity index (χ2n) is 4.26. The van der Waals surface area contributed by atoms with Crippen molar-refractivity contribution in [1.82, 2.24) is 0 Å². The van der Waals surface area contributed by atoms with Gasteiger partial charge in [-0.2, -0.15) is 0 Å². The minimum Gasteiger partial charge on any atom is -0.376 e. The fraction of sp³-hybridized carbons (Fsp3) is 0.417. The van der Waals surface area contributed by atoms with E-state index >= 15 is 0 Å². The van der Waals surface area contributed by atoms with Gasteiger partial charge in [-0.15, -0.1) is 0 Å². The van der Waals surface area contributed by atoms with Crippen molar-refractivity contribution in [2.24, 2.45) is 10.9 Å². The van der Waals surface area contributed by atoms with Crippen molar-refractivity contribution >= 4 is 28.9 Å². The van der Waals surface area contributed by atoms with E-state index in [0.717, 1.165) is 28.0 Å². The average molecular weight is 273 g/mol. The molecule has 1 aliphatic heterocycles. The number of hydrogen-bond acceptors (Lipinski definition) is 3. The summed E-state index contributed by atoms with van der Waals surface area (Å²) in [5.74, 6) is 0. The van der Waals surface area contributed by atoms with Gasteiger partial charge in [0.15, 0.2) is 6.23 Å². The van der Waals surface area contributed by atoms with Crippen molar-refractivity contribution in [3.05, 3.63) is 32.3 Å². The molecule has 1 aromatic carbocycles. The first-order valence-corrected chi connectivity index (χ1v) is 6.12. The molecule has 1 atom stereocenters. The molecule has 17 heavy (non-hydrogen) atoms. The number of nitrogens with two attached hydrogens (primary N) is 1. The van der Waals surface area contributed by atoms with Crippen LogP contribution in [0.15, 0.2) is 5.16 Å². The van der Waals surface area contributed by atoms with Crippen LogP contribution in [0, 0.1) is 20.8 Å². The number of nitrogens with zero attached hydrogens (tertiary/aromatic N) is 1. The number of benzene rings is 1. The third-order valence-corrected chi connectivity index (χ3v) is 4.18. The van der Waals surface area contributed by atoms with Crippen LogP contribution in [0.4, 0.5) is 0 Å². The van der Waals surface area contributed by atoms with Gasteiger partial charge in [0, 0.05) is 22.0 Å². The van der Waals surface area contributed by atoms with Crippen LogP contribution in [0.5, 0.6) is 0 Å². The highest BCUT2D eigenvalue weighted by Crippen LogP contribution is 2.35. The first-order valence-electron chi connectivity index (χ1n) is 5.36. The van der Waals surface area contributed by atoms with Gasteiger partial charge in [-0.3, -0.25) is 5.73 Å². The summed E-state index contributed by atoms with van der Waals surface area (Å²) < 4.78 is 0. The Kier molecular flexibility index (Phi) is 3.34. The Morgan fingerprint density at radius 2 is 1.65 bits per heavy atom. The van der Waals surface area contributed by atoms with E-state index in [4.69, 9.17) is 33.8 Å². The van der Waals surface area contributed by atoms with Gasteiger partial charge < -0.3 is 4.84 Å². The zero-order valence-corrected chi connectivity index (χ0v) is 11.5. The Bertz CT molecular complexity index is 483. The lowest BCUT2D eigenvalue weighted by atomic mass is 9.94. The van der Waals surface area contributed by atoms with Crippen molar-refractivity contribution in [2.75, 3.05) is 0 Å². The van der Waals surface area contributed by atoms with Gasteiger partial charge in [0.1, 0.15) is 0 Å². The van der Waals surface area contributed by atoms with Gasteiger partial charge in [-0.05, 0) is 37.5 Å². The third kappa shape index (κ3) is 2.03. The topological polar surface area (TPSA) is 47.6 Å². The predicted molar refractivity (Wildman–Crippen MR) is 70.9 cm³/mol. The molecular formula is C12H14Cl2N2O. The van der Waals surface area contributed by atoms with E-state index in [1.807, 2.05) is 20.8 Å². The van der Waals surface area contributed by atoms with Gasteiger partial charge >= 0.3 is 0 Å². The Morgan fingerprint density at radius 1 is 1.12 bits per heavy atom. The van der Waals surface area contributed by atoms with Crippen LogP contribution in [0.1, 0.15) is 28.7 Å². The van der Waals surface area contributed by atoms with Crippen LogP contribution < -0.4 is 5.73 Å². The molecule has 0 aliphatic carbocycles. The summed E-state index contributed by atoms with van der Waals surface area (Å²) in [6.07, 6.45) is 0.208. The largest absolute Gasteiger partial charge is 0.376 e. The summed E-state index contributed by atoms with van der Waals surface area (Å²) in [4.78, 5) is 5.02. The molecule has 3 nitrogen and oxygen atoms in total. The lowest BCUT2D eigenvalue weighted by molar-refractivity contribution is 0.0907. The van der Waals surface area contributed by atoms with Gasteiger partial charge in [0.25, 0.3) is 0 Å². The summed E-state index contributed by atoms with van der Waals surface area (Å²) in [7, 11) is 0. The summed E-state index contributed by atoms with van der Waals surface area (Å²) in [6.45, 7) is 5.83. The SMILES string of the molecule is Cc1c(Cl)c(C)c(C2=NOC(N)C2)c(C)c1Cl. The van der Waals surface area contributed by atoms with Crippen LogP contribution in [0.25, 0.3) is 0 Å². The standard InChI is InChI=1S/C12H14Cl2N2O/c1-5-10(8-4-9(15)17-16-8)6(2)12(14)7(3)11(5)13/h9H,4,15H2,1-3H3. The highest BCUT2D eigenvalue weighted by Gasteiger charge is 2.24. The monoisotopic (exact) mass is 272 g/mol. The van der Waals surface area contributed by atoms with Crippen LogP contribution >= 0.6 is 23.2 Å². The van der Waals surface area contributed by atoms with Crippen LogP contribution in [0.3, 0.4) is 0 Å². The molecule has 1 aliphatic rings. The Hall–Kier alpha value is -0.770. The molecule has 1 unspecified atom stereocenters. The fourth-order valence-electron chi connectivity index (χ4n) is 2.14. The first kappa shape index (κ1) is 12.7. The predicted octanol–water partition coefficient (Wildman–Crippen LogP) is 3.33. The average Bonchev–Trinajstić information content (AvgIpc) is 2.71. The van der Waals surface area contributed by atoms with Crippen molar-refractivity contribution in [3.63, 3.8) is 0 Å². The normalized spacial score (nSPS) is 19.2. The molecule has 0 spiro atoms. The number of hydrogen-bond donors (Lipinski definition) is 1. The summed E-state index contributed by atoms with van der Waals surface area (Å²) >= 11 is 12.5. The van der Waals surface area contributed by atoms with Gasteiger partial charge in [-0.25, -0.2) is 0 Å². The van der Waals surface area contributed by atoms with Crippen LogP contribution in [0.2, 0.25) is 10.0 Å². The molecule has 1 heterocycles. The maximum absolute atomic E-state index is 6.26. The highest BCUT2D eigenvalue weighted by molar-refractivity contribution is 6.37. The first-order chi connectivity index (χ1) is 7.93. The third-order valence-electron chi connectivity index (χ3n) is 3.05. The molecule has 92 valence electrons. The summed E-state index contributed by atoms with van der Waals surface area (Å²) in [6, 6.07) is 0. The molecule has 0 aromatic heterocycles. The Balaban J connectivity index is 2.62. The highest BCUT2D eigenvalue weighted by atomic mass is 35.5. The van der Waals surface area contributed by atoms with Crippen molar-refractivity contribution in [3.8, 4) is 0 Å². The van der Waals surface area contributed by atoms with E-state index in [1.165, 1.54) is 0 Å². The lowest BCUT2D eigenvalue weighted by Gasteiger charge is -2.15.